The van der Waals surface area contributed by atoms with Crippen LogP contribution in [0.2, 0.25) is 0 Å². The van der Waals surface area contributed by atoms with Crippen LogP contribution in [-0.2, 0) is 9.59 Å². The Morgan fingerprint density at radius 3 is 2.38 bits per heavy atom. The number of rotatable bonds is 7. The summed E-state index contributed by atoms with van der Waals surface area (Å²) in [5.41, 5.74) is 2.78. The summed E-state index contributed by atoms with van der Waals surface area (Å²) >= 11 is 1.73. The van der Waals surface area contributed by atoms with Crippen molar-refractivity contribution in [2.45, 2.75) is 4.90 Å². The van der Waals surface area contributed by atoms with Crippen LogP contribution in [0.1, 0.15) is 0 Å². The lowest BCUT2D eigenvalue weighted by Crippen LogP contribution is -2.65. The van der Waals surface area contributed by atoms with Crippen molar-refractivity contribution in [3.8, 4) is 5.75 Å². The molecule has 0 unspecified atom stereocenters. The molecule has 1 rings (SSSR count). The first-order valence-electron chi connectivity index (χ1n) is 5.88. The highest BCUT2D eigenvalue weighted by Crippen LogP contribution is 2.18. The maximum atomic E-state index is 9.53. The van der Waals surface area contributed by atoms with E-state index in [1.54, 1.807) is 11.8 Å². The molecule has 0 heterocycles. The molecule has 1 aromatic rings. The van der Waals surface area contributed by atoms with Crippen LogP contribution in [0.3, 0.4) is 0 Å². The molecule has 8 heteroatoms. The molecule has 5 N–H and O–H groups in total. The number of aliphatic carboxylic acids is 2. The van der Waals surface area contributed by atoms with E-state index in [0.717, 1.165) is 12.3 Å². The van der Waals surface area contributed by atoms with E-state index in [1.807, 2.05) is 12.1 Å². The Hall–Kier alpha value is -2.03. The minimum Gasteiger partial charge on any atom is -0.545 e. The van der Waals surface area contributed by atoms with Crippen LogP contribution in [0.5, 0.6) is 5.75 Å². The lowest BCUT2D eigenvalue weighted by atomic mass is 10.3. The number of thioether (sulfide) groups is 1. The summed E-state index contributed by atoms with van der Waals surface area (Å²) in [7, 11) is 0. The van der Waals surface area contributed by atoms with Gasteiger partial charge in [-0.1, -0.05) is 0 Å². The van der Waals surface area contributed by atoms with Crippen LogP contribution in [0.15, 0.2) is 41.3 Å². The van der Waals surface area contributed by atoms with Gasteiger partial charge >= 0.3 is 5.97 Å². The van der Waals surface area contributed by atoms with Crippen molar-refractivity contribution in [2.75, 3.05) is 19.4 Å². The number of carbonyl (C=O) groups is 2. The molecule has 0 bridgehead atoms. The van der Waals surface area contributed by atoms with Gasteiger partial charge in [-0.25, -0.2) is 4.79 Å². The average molecular weight is 314 g/mol. The topological polar surface area (TPSA) is 126 Å². The first-order valence-corrected chi connectivity index (χ1v) is 7.11. The molecule has 0 atom stereocenters. The van der Waals surface area contributed by atoms with E-state index < -0.39 is 11.9 Å². The third-order valence-electron chi connectivity index (χ3n) is 1.97. The van der Waals surface area contributed by atoms with E-state index in [9.17, 15) is 14.7 Å². The molecular formula is C13H18N2O5S. The molecule has 116 valence electrons. The van der Waals surface area contributed by atoms with Gasteiger partial charge in [0.05, 0.1) is 12.5 Å². The van der Waals surface area contributed by atoms with Crippen LogP contribution in [0.4, 0.5) is 0 Å². The molecule has 0 fully saturated rings. The number of carboxylic acid groups (broad SMARTS) is 2. The SMILES string of the molecule is CSc1ccc(OCCN[NH3+])cc1.O=C([O-])/C=C\C(=O)O. The van der Waals surface area contributed by atoms with Crippen LogP contribution in [-0.4, -0.2) is 36.5 Å². The Kier molecular flexibility index (Phi) is 10.6. The second-order valence-electron chi connectivity index (χ2n) is 3.51. The average Bonchev–Trinajstić information content (AvgIpc) is 2.47. The fraction of sp³-hybridized carbons (Fsp3) is 0.231. The quantitative estimate of drug-likeness (QED) is 0.253. The summed E-state index contributed by atoms with van der Waals surface area (Å²) < 4.78 is 5.43. The van der Waals surface area contributed by atoms with Gasteiger partial charge in [-0.3, -0.25) is 5.84 Å². The van der Waals surface area contributed by atoms with Gasteiger partial charge in [-0.05, 0) is 36.6 Å². The molecule has 7 nitrogen and oxygen atoms in total. The Balaban J connectivity index is 0.000000433. The minimum absolute atomic E-state index is 0.447. The number of carbonyl (C=O) groups excluding carboxylic acids is 1. The van der Waals surface area contributed by atoms with Crippen LogP contribution in [0, 0.1) is 0 Å². The molecule has 21 heavy (non-hydrogen) atoms. The first-order chi connectivity index (χ1) is 9.99. The Labute approximate surface area is 126 Å². The Morgan fingerprint density at radius 1 is 1.38 bits per heavy atom. The number of ether oxygens (including phenoxy) is 1. The van der Waals surface area contributed by atoms with Gasteiger partial charge < -0.3 is 19.7 Å². The number of quaternary nitrogens is 1. The molecule has 0 aliphatic carbocycles. The molecule has 0 saturated carbocycles. The molecule has 1 aromatic carbocycles. The molecule has 0 amide bonds. The fourth-order valence-electron chi connectivity index (χ4n) is 1.05. The van der Waals surface area contributed by atoms with E-state index in [-0.39, 0.29) is 0 Å². The van der Waals surface area contributed by atoms with Crippen molar-refractivity contribution in [3.05, 3.63) is 36.4 Å². The Morgan fingerprint density at radius 2 is 2.00 bits per heavy atom. The molecule has 0 spiro atoms. The molecule has 0 aromatic heterocycles. The summed E-state index contributed by atoms with van der Waals surface area (Å²) in [5, 5.41) is 17.2. The van der Waals surface area contributed by atoms with Crippen molar-refractivity contribution >= 4 is 23.7 Å². The Bertz CT molecular complexity index is 446. The van der Waals surface area contributed by atoms with Gasteiger partial charge in [0.25, 0.3) is 0 Å². The third-order valence-corrected chi connectivity index (χ3v) is 2.71. The molecule has 0 aliphatic rings. The van der Waals surface area contributed by atoms with Gasteiger partial charge in [0.1, 0.15) is 12.4 Å². The second-order valence-corrected chi connectivity index (χ2v) is 4.39. The number of benzene rings is 1. The second kappa shape index (κ2) is 11.8. The van der Waals surface area contributed by atoms with Gasteiger partial charge in [0, 0.05) is 11.0 Å². The predicted molar refractivity (Wildman–Crippen MR) is 76.4 cm³/mol. The van der Waals surface area contributed by atoms with E-state index in [0.29, 0.717) is 18.8 Å². The van der Waals surface area contributed by atoms with Crippen molar-refractivity contribution in [2.24, 2.45) is 0 Å². The third kappa shape index (κ3) is 11.5. The zero-order valence-electron chi connectivity index (χ0n) is 11.6. The van der Waals surface area contributed by atoms with Crippen molar-refractivity contribution in [3.63, 3.8) is 0 Å². The first kappa shape index (κ1) is 19.0. The van der Waals surface area contributed by atoms with Gasteiger partial charge in [-0.2, -0.15) is 5.43 Å². The number of carboxylic acids is 2. The summed E-state index contributed by atoms with van der Waals surface area (Å²) in [6.45, 7) is 1.42. The van der Waals surface area contributed by atoms with E-state index in [4.69, 9.17) is 9.84 Å². The predicted octanol–water partition coefficient (Wildman–Crippen LogP) is -1.09. The van der Waals surface area contributed by atoms with Gasteiger partial charge in [0.2, 0.25) is 0 Å². The molecule has 0 radical (unpaired) electrons. The molecule has 0 aliphatic heterocycles. The summed E-state index contributed by atoms with van der Waals surface area (Å²) in [6, 6.07) is 8.07. The van der Waals surface area contributed by atoms with Crippen LogP contribution in [0.25, 0.3) is 0 Å². The zero-order chi connectivity index (χ0) is 16.1. The highest BCUT2D eigenvalue weighted by molar-refractivity contribution is 7.98. The van der Waals surface area contributed by atoms with Crippen LogP contribution >= 0.6 is 11.8 Å². The maximum Gasteiger partial charge on any atom is 0.328 e. The highest BCUT2D eigenvalue weighted by Gasteiger charge is 1.93. The normalized spacial score (nSPS) is 9.81. The molecule has 0 saturated heterocycles. The minimum atomic E-state index is -1.51. The fourth-order valence-corrected chi connectivity index (χ4v) is 1.46. The number of hydrogen-bond acceptors (Lipinski definition) is 6. The van der Waals surface area contributed by atoms with Gasteiger partial charge in [-0.15, -0.1) is 11.8 Å². The maximum absolute atomic E-state index is 9.53. The zero-order valence-corrected chi connectivity index (χ0v) is 12.4. The lowest BCUT2D eigenvalue weighted by Gasteiger charge is -2.04. The smallest absolute Gasteiger partial charge is 0.328 e. The van der Waals surface area contributed by atoms with Gasteiger partial charge in [0.15, 0.2) is 0 Å². The van der Waals surface area contributed by atoms with Crippen molar-refractivity contribution < 1.29 is 30.4 Å². The largest absolute Gasteiger partial charge is 0.545 e. The number of nitrogens with one attached hydrogen (secondary N) is 1. The van der Waals surface area contributed by atoms with E-state index in [2.05, 4.69) is 29.7 Å². The lowest BCUT2D eigenvalue weighted by molar-refractivity contribution is -0.443. The van der Waals surface area contributed by atoms with Crippen LogP contribution < -0.4 is 21.1 Å². The standard InChI is InChI=1S/C9H14N2OS.C4H4O4/c1-13-9-4-2-8(3-5-9)12-7-6-11-10;5-3(6)1-2-4(7)8/h2-5,11H,6-7,10H2,1H3;1-2H,(H,5,6)(H,7,8)/b;2-1-. The van der Waals surface area contributed by atoms with Crippen molar-refractivity contribution in [1.82, 2.24) is 5.43 Å². The molecular weight excluding hydrogens is 296 g/mol. The summed E-state index contributed by atoms with van der Waals surface area (Å²) in [5.74, 6) is 1.62. The van der Waals surface area contributed by atoms with E-state index in [1.165, 1.54) is 4.90 Å². The van der Waals surface area contributed by atoms with Crippen molar-refractivity contribution in [1.29, 1.82) is 0 Å². The summed E-state index contributed by atoms with van der Waals surface area (Å²) in [4.78, 5) is 20.2. The van der Waals surface area contributed by atoms with E-state index >= 15 is 0 Å². The summed E-state index contributed by atoms with van der Waals surface area (Å²) in [6.07, 6.45) is 3.00. The number of hydrogen-bond donors (Lipinski definition) is 3. The monoisotopic (exact) mass is 314 g/mol. The highest BCUT2D eigenvalue weighted by atomic mass is 32.2.